The van der Waals surface area contributed by atoms with Gasteiger partial charge in [0.25, 0.3) is 5.88 Å². The number of amides is 1. The summed E-state index contributed by atoms with van der Waals surface area (Å²) in [5.74, 6) is 1.31. The van der Waals surface area contributed by atoms with Crippen LogP contribution < -0.4 is 25.2 Å². The summed E-state index contributed by atoms with van der Waals surface area (Å²) < 4.78 is 19.1. The third-order valence-corrected chi connectivity index (χ3v) is 5.75. The molecule has 2 aromatic heterocycles. The molecule has 0 atom stereocenters. The van der Waals surface area contributed by atoms with E-state index in [1.165, 1.54) is 18.6 Å². The molecule has 0 aliphatic heterocycles. The Labute approximate surface area is 212 Å². The average molecular weight is 500 g/mol. The number of methoxy groups -OCH3 is 2. The van der Waals surface area contributed by atoms with Crippen molar-refractivity contribution in [2.45, 2.75) is 20.4 Å². The van der Waals surface area contributed by atoms with Crippen LogP contribution in [0.15, 0.2) is 65.5 Å². The van der Waals surface area contributed by atoms with Crippen LogP contribution in [0, 0.1) is 13.8 Å². The zero-order chi connectivity index (χ0) is 26.1. The van der Waals surface area contributed by atoms with E-state index in [0.717, 1.165) is 15.8 Å². The lowest BCUT2D eigenvalue weighted by atomic mass is 10.1. The zero-order valence-electron chi connectivity index (χ0n) is 20.8. The topological polar surface area (TPSA) is 109 Å². The molecule has 0 radical (unpaired) electrons. The highest BCUT2D eigenvalue weighted by Gasteiger charge is 2.19. The van der Waals surface area contributed by atoms with Gasteiger partial charge in [0.1, 0.15) is 12.3 Å². The Morgan fingerprint density at radius 2 is 1.68 bits per heavy atom. The Hall–Kier alpha value is -4.86. The average Bonchev–Trinajstić information content (AvgIpc) is 3.19. The summed E-state index contributed by atoms with van der Waals surface area (Å²) >= 11 is 0. The molecule has 0 aliphatic carbocycles. The van der Waals surface area contributed by atoms with Crippen molar-refractivity contribution in [2.24, 2.45) is 0 Å². The smallest absolute Gasteiger partial charge is 0.351 e. The number of rotatable bonds is 7. The van der Waals surface area contributed by atoms with Crippen molar-refractivity contribution in [1.29, 1.82) is 0 Å². The van der Waals surface area contributed by atoms with E-state index >= 15 is 0 Å². The molecule has 5 aromatic rings. The predicted molar refractivity (Wildman–Crippen MR) is 139 cm³/mol. The van der Waals surface area contributed by atoms with Crippen LogP contribution >= 0.6 is 0 Å². The van der Waals surface area contributed by atoms with E-state index in [1.54, 1.807) is 36.4 Å². The number of aromatic nitrogens is 4. The van der Waals surface area contributed by atoms with Crippen LogP contribution in [0.1, 0.15) is 11.1 Å². The van der Waals surface area contributed by atoms with Gasteiger partial charge in [0, 0.05) is 11.8 Å². The summed E-state index contributed by atoms with van der Waals surface area (Å²) in [6.07, 6.45) is 0. The van der Waals surface area contributed by atoms with Gasteiger partial charge >= 0.3 is 5.69 Å². The minimum absolute atomic E-state index is 0.167. The largest absolute Gasteiger partial charge is 0.493 e. The summed E-state index contributed by atoms with van der Waals surface area (Å²) in [4.78, 5) is 30.8. The number of nitrogens with zero attached hydrogens (tertiary/aromatic N) is 4. The lowest BCUT2D eigenvalue weighted by Crippen LogP contribution is -2.28. The normalized spacial score (nSPS) is 11.0. The second-order valence-electron chi connectivity index (χ2n) is 8.55. The van der Waals surface area contributed by atoms with E-state index < -0.39 is 11.6 Å². The first kappa shape index (κ1) is 23.9. The molecule has 0 aliphatic rings. The Morgan fingerprint density at radius 1 is 0.946 bits per heavy atom. The van der Waals surface area contributed by atoms with Crippen LogP contribution in [-0.2, 0) is 11.3 Å². The van der Waals surface area contributed by atoms with Crippen LogP contribution in [0.3, 0.4) is 0 Å². The maximum atomic E-state index is 13.4. The number of anilines is 1. The molecule has 10 nitrogen and oxygen atoms in total. The summed E-state index contributed by atoms with van der Waals surface area (Å²) in [5.41, 5.74) is 3.39. The molecule has 0 fully saturated rings. The van der Waals surface area contributed by atoms with Gasteiger partial charge in [-0.15, -0.1) is 5.10 Å². The van der Waals surface area contributed by atoms with Crippen molar-refractivity contribution in [2.75, 3.05) is 19.5 Å². The van der Waals surface area contributed by atoms with E-state index in [4.69, 9.17) is 14.2 Å². The van der Waals surface area contributed by atoms with Crippen LogP contribution in [0.2, 0.25) is 0 Å². The fourth-order valence-electron chi connectivity index (χ4n) is 4.20. The van der Waals surface area contributed by atoms with Crippen molar-refractivity contribution in [3.8, 4) is 23.1 Å². The molecular weight excluding hydrogens is 474 g/mol. The Morgan fingerprint density at radius 3 is 2.41 bits per heavy atom. The monoisotopic (exact) mass is 499 g/mol. The number of para-hydroxylation sites is 2. The predicted octanol–water partition coefficient (Wildman–Crippen LogP) is 4.11. The van der Waals surface area contributed by atoms with Gasteiger partial charge in [0.15, 0.2) is 11.5 Å². The number of nitrogens with one attached hydrogen (secondary N) is 1. The molecule has 1 N–H and O–H groups in total. The Kier molecular flexibility index (Phi) is 6.22. The number of carbonyl (C=O) groups is 1. The van der Waals surface area contributed by atoms with Crippen molar-refractivity contribution in [1.82, 2.24) is 19.2 Å². The quantitative estimate of drug-likeness (QED) is 0.359. The molecule has 0 bridgehead atoms. The molecule has 1 amide bonds. The highest BCUT2D eigenvalue weighted by atomic mass is 16.5. The molecule has 0 unspecified atom stereocenters. The number of hydrogen-bond donors (Lipinski definition) is 1. The van der Waals surface area contributed by atoms with Crippen molar-refractivity contribution < 1.29 is 19.0 Å². The standard InChI is InChI=1S/C27H25N5O5/c1-16-11-17(2)13-19(12-16)37-26-25-30-31(27(34)32(25)21-8-6-5-7-20(21)29-26)15-24(33)28-18-9-10-22(35-3)23(14-18)36-4/h5-14H,15H2,1-4H3,(H,28,33). The lowest BCUT2D eigenvalue weighted by molar-refractivity contribution is -0.117. The molecule has 5 rings (SSSR count). The second kappa shape index (κ2) is 9.65. The molecule has 0 spiro atoms. The lowest BCUT2D eigenvalue weighted by Gasteiger charge is -2.10. The fourth-order valence-corrected chi connectivity index (χ4v) is 4.20. The summed E-state index contributed by atoms with van der Waals surface area (Å²) in [6.45, 7) is 3.63. The molecule has 3 aromatic carbocycles. The summed E-state index contributed by atoms with van der Waals surface area (Å²) in [5, 5.41) is 7.18. The number of fused-ring (bicyclic) bond motifs is 3. The van der Waals surface area contributed by atoms with E-state index in [0.29, 0.717) is 34.0 Å². The minimum atomic E-state index is -0.485. The van der Waals surface area contributed by atoms with Crippen LogP contribution in [-0.4, -0.2) is 39.3 Å². The minimum Gasteiger partial charge on any atom is -0.493 e. The molecule has 0 saturated heterocycles. The summed E-state index contributed by atoms with van der Waals surface area (Å²) in [7, 11) is 3.04. The maximum absolute atomic E-state index is 13.4. The van der Waals surface area contributed by atoms with Crippen LogP contribution in [0.25, 0.3) is 16.7 Å². The first-order valence-electron chi connectivity index (χ1n) is 11.5. The summed E-state index contributed by atoms with van der Waals surface area (Å²) in [6, 6.07) is 18.0. The van der Waals surface area contributed by atoms with Crippen molar-refractivity contribution in [3.05, 3.63) is 82.3 Å². The van der Waals surface area contributed by atoms with E-state index in [2.05, 4.69) is 15.4 Å². The van der Waals surface area contributed by atoms with Crippen molar-refractivity contribution >= 4 is 28.3 Å². The first-order valence-corrected chi connectivity index (χ1v) is 11.5. The number of ether oxygens (including phenoxy) is 3. The first-order chi connectivity index (χ1) is 17.9. The highest BCUT2D eigenvalue weighted by Crippen LogP contribution is 2.30. The van der Waals surface area contributed by atoms with Crippen LogP contribution in [0.4, 0.5) is 5.69 Å². The molecule has 37 heavy (non-hydrogen) atoms. The van der Waals surface area contributed by atoms with Crippen LogP contribution in [0.5, 0.6) is 23.1 Å². The third kappa shape index (κ3) is 4.68. The molecule has 10 heteroatoms. The number of carbonyl (C=O) groups excluding carboxylic acids is 1. The third-order valence-electron chi connectivity index (χ3n) is 5.75. The van der Waals surface area contributed by atoms with Crippen molar-refractivity contribution in [3.63, 3.8) is 0 Å². The Bertz CT molecular complexity index is 1690. The van der Waals surface area contributed by atoms with Gasteiger partial charge < -0.3 is 19.5 Å². The molecular formula is C27H25N5O5. The van der Waals surface area contributed by atoms with E-state index in [1.807, 2.05) is 38.1 Å². The Balaban J connectivity index is 1.52. The van der Waals surface area contributed by atoms with Gasteiger partial charge in [-0.2, -0.15) is 0 Å². The van der Waals surface area contributed by atoms with Gasteiger partial charge in [-0.05, 0) is 61.4 Å². The zero-order valence-corrected chi connectivity index (χ0v) is 20.8. The van der Waals surface area contributed by atoms with Gasteiger partial charge in [-0.1, -0.05) is 18.2 Å². The van der Waals surface area contributed by atoms with E-state index in [9.17, 15) is 9.59 Å². The number of hydrogen-bond acceptors (Lipinski definition) is 7. The van der Waals surface area contributed by atoms with E-state index in [-0.39, 0.29) is 18.1 Å². The van der Waals surface area contributed by atoms with Gasteiger partial charge in [0.2, 0.25) is 11.6 Å². The van der Waals surface area contributed by atoms with Gasteiger partial charge in [0.05, 0.1) is 25.3 Å². The molecule has 2 heterocycles. The number of aryl methyl sites for hydroxylation is 2. The second-order valence-corrected chi connectivity index (χ2v) is 8.55. The number of benzene rings is 3. The van der Waals surface area contributed by atoms with Gasteiger partial charge in [-0.25, -0.2) is 18.9 Å². The molecule has 0 saturated carbocycles. The highest BCUT2D eigenvalue weighted by molar-refractivity contribution is 5.91. The maximum Gasteiger partial charge on any atom is 0.351 e. The van der Waals surface area contributed by atoms with Gasteiger partial charge in [-0.3, -0.25) is 4.79 Å². The molecule has 188 valence electrons. The SMILES string of the molecule is COc1ccc(NC(=O)Cn2nc3c(Oc4cc(C)cc(C)c4)nc4ccccc4n3c2=O)cc1OC. The fraction of sp³-hybridized carbons (Fsp3) is 0.185.